The summed E-state index contributed by atoms with van der Waals surface area (Å²) in [4.78, 5) is 32.0. The standard InChI is InChI=1S/C20H16ClN3OS.C14H11BrClN3OS/c21-19-9-8-16(26-19)7-6-15-11-18(24-23-15)17-10-14(12-22-20(17)25)13-4-2-1-3-5-13;15-8-5-11(14(20)17-7-8)12-6-9(18-19-12)1-2-10-3-4-13(16)21-10/h1-5,8-12H,6-7H2,(H,22,25)(H,23,24);3-7H,1-2H2,(H,17,20)(H,18,19). The van der Waals surface area contributed by atoms with E-state index in [0.717, 1.165) is 61.3 Å². The van der Waals surface area contributed by atoms with E-state index in [0.29, 0.717) is 22.5 Å². The van der Waals surface area contributed by atoms with Crippen LogP contribution in [0, 0.1) is 0 Å². The van der Waals surface area contributed by atoms with Crippen LogP contribution in [0.1, 0.15) is 21.1 Å². The van der Waals surface area contributed by atoms with Crippen molar-refractivity contribution in [1.29, 1.82) is 0 Å². The van der Waals surface area contributed by atoms with E-state index in [4.69, 9.17) is 23.2 Å². The molecule has 0 bridgehead atoms. The van der Waals surface area contributed by atoms with E-state index in [-0.39, 0.29) is 11.1 Å². The van der Waals surface area contributed by atoms with E-state index in [1.807, 2.05) is 72.8 Å². The second-order valence-electron chi connectivity index (χ2n) is 10.5. The van der Waals surface area contributed by atoms with Gasteiger partial charge in [-0.1, -0.05) is 53.5 Å². The Balaban J connectivity index is 0.000000168. The molecule has 7 rings (SSSR count). The molecule has 8 nitrogen and oxygen atoms in total. The van der Waals surface area contributed by atoms with Crippen molar-refractivity contribution in [2.75, 3.05) is 0 Å². The zero-order chi connectivity index (χ0) is 32.8. The Bertz CT molecular complexity index is 2220. The van der Waals surface area contributed by atoms with Gasteiger partial charge in [0.1, 0.15) is 0 Å². The molecule has 238 valence electrons. The molecule has 0 saturated heterocycles. The Hall–Kier alpha value is -4.00. The summed E-state index contributed by atoms with van der Waals surface area (Å²) in [7, 11) is 0. The van der Waals surface area contributed by atoms with Gasteiger partial charge in [-0.05, 0) is 101 Å². The van der Waals surface area contributed by atoms with Crippen molar-refractivity contribution in [3.05, 3.63) is 146 Å². The highest BCUT2D eigenvalue weighted by atomic mass is 79.9. The van der Waals surface area contributed by atoms with Gasteiger partial charge in [0, 0.05) is 38.0 Å². The Labute approximate surface area is 296 Å². The minimum absolute atomic E-state index is 0.146. The number of H-pyrrole nitrogens is 4. The summed E-state index contributed by atoms with van der Waals surface area (Å²) >= 11 is 18.4. The van der Waals surface area contributed by atoms with Crippen LogP contribution < -0.4 is 11.1 Å². The molecule has 0 fully saturated rings. The van der Waals surface area contributed by atoms with Gasteiger partial charge >= 0.3 is 0 Å². The van der Waals surface area contributed by atoms with Gasteiger partial charge in [-0.3, -0.25) is 19.8 Å². The second kappa shape index (κ2) is 15.3. The molecule has 0 saturated carbocycles. The van der Waals surface area contributed by atoms with E-state index in [1.165, 1.54) is 9.75 Å². The fourth-order valence-electron chi connectivity index (χ4n) is 4.86. The van der Waals surface area contributed by atoms with Crippen LogP contribution in [-0.2, 0) is 25.7 Å². The molecule has 6 aromatic heterocycles. The predicted octanol–water partition coefficient (Wildman–Crippen LogP) is 8.96. The topological polar surface area (TPSA) is 123 Å². The average molecular weight is 767 g/mol. The van der Waals surface area contributed by atoms with Crippen LogP contribution in [0.15, 0.2) is 105 Å². The monoisotopic (exact) mass is 764 g/mol. The third-order valence-electron chi connectivity index (χ3n) is 7.23. The van der Waals surface area contributed by atoms with Crippen molar-refractivity contribution < 1.29 is 0 Å². The van der Waals surface area contributed by atoms with Gasteiger partial charge in [0.2, 0.25) is 0 Å². The second-order valence-corrected chi connectivity index (χ2v) is 15.0. The maximum absolute atomic E-state index is 12.3. The van der Waals surface area contributed by atoms with Crippen molar-refractivity contribution in [3.63, 3.8) is 0 Å². The van der Waals surface area contributed by atoms with Gasteiger partial charge < -0.3 is 9.97 Å². The van der Waals surface area contributed by atoms with Crippen molar-refractivity contribution in [2.24, 2.45) is 0 Å². The fourth-order valence-corrected chi connectivity index (χ4v) is 7.38. The number of aryl methyl sites for hydroxylation is 4. The van der Waals surface area contributed by atoms with E-state index < -0.39 is 0 Å². The Morgan fingerprint density at radius 2 is 1.15 bits per heavy atom. The largest absolute Gasteiger partial charge is 0.328 e. The highest BCUT2D eigenvalue weighted by molar-refractivity contribution is 9.10. The number of nitrogens with zero attached hydrogens (tertiary/aromatic N) is 2. The first-order valence-corrected chi connectivity index (χ1v) is 17.7. The molecule has 6 heterocycles. The normalized spacial score (nSPS) is 11.0. The Morgan fingerprint density at radius 3 is 1.68 bits per heavy atom. The summed E-state index contributed by atoms with van der Waals surface area (Å²) in [6.07, 6.45) is 6.78. The molecule has 47 heavy (non-hydrogen) atoms. The molecule has 13 heteroatoms. The molecule has 0 amide bonds. The van der Waals surface area contributed by atoms with Gasteiger partial charge in [-0.25, -0.2) is 0 Å². The molecule has 0 radical (unpaired) electrons. The number of benzene rings is 1. The number of pyridine rings is 2. The van der Waals surface area contributed by atoms with Crippen LogP contribution >= 0.6 is 61.8 Å². The molecule has 0 spiro atoms. The molecule has 0 aliphatic heterocycles. The minimum atomic E-state index is -0.152. The first-order chi connectivity index (χ1) is 22.8. The maximum Gasteiger partial charge on any atom is 0.257 e. The lowest BCUT2D eigenvalue weighted by Gasteiger charge is -2.03. The number of hydrogen-bond acceptors (Lipinski definition) is 6. The Morgan fingerprint density at radius 1 is 0.617 bits per heavy atom. The number of halogens is 3. The smallest absolute Gasteiger partial charge is 0.257 e. The SMILES string of the molecule is O=c1[nH]cc(-c2ccccc2)cc1-c1cc(CCc2ccc(Cl)s2)[nH]n1.O=c1[nH]cc(Br)cc1-c1cc(CCc2ccc(Cl)s2)[nH]n1. The van der Waals surface area contributed by atoms with Crippen LogP contribution in [-0.4, -0.2) is 30.4 Å². The highest BCUT2D eigenvalue weighted by Gasteiger charge is 2.12. The van der Waals surface area contributed by atoms with Gasteiger partial charge in [0.05, 0.1) is 31.2 Å². The maximum atomic E-state index is 12.3. The average Bonchev–Trinajstić information content (AvgIpc) is 3.90. The summed E-state index contributed by atoms with van der Waals surface area (Å²) in [6, 6.07) is 25.3. The number of thiophene rings is 2. The van der Waals surface area contributed by atoms with Crippen molar-refractivity contribution >= 4 is 61.8 Å². The predicted molar refractivity (Wildman–Crippen MR) is 196 cm³/mol. The molecule has 4 N–H and O–H groups in total. The number of nitrogens with one attached hydrogen (secondary N) is 4. The lowest BCUT2D eigenvalue weighted by molar-refractivity contribution is 0.904. The van der Waals surface area contributed by atoms with Crippen LogP contribution in [0.2, 0.25) is 8.67 Å². The lowest BCUT2D eigenvalue weighted by Crippen LogP contribution is -2.08. The third-order valence-corrected chi connectivity index (χ3v) is 10.3. The molecule has 0 aliphatic carbocycles. The van der Waals surface area contributed by atoms with Gasteiger partial charge in [0.25, 0.3) is 11.1 Å². The van der Waals surface area contributed by atoms with E-state index in [1.54, 1.807) is 41.1 Å². The minimum Gasteiger partial charge on any atom is -0.328 e. The van der Waals surface area contributed by atoms with Crippen LogP contribution in [0.3, 0.4) is 0 Å². The highest BCUT2D eigenvalue weighted by Crippen LogP contribution is 2.26. The molecular formula is C34H27BrCl2N6O2S2. The fraction of sp³-hybridized carbons (Fsp3) is 0.118. The van der Waals surface area contributed by atoms with Gasteiger partial charge in [0.15, 0.2) is 0 Å². The summed E-state index contributed by atoms with van der Waals surface area (Å²) < 4.78 is 2.42. The van der Waals surface area contributed by atoms with Crippen molar-refractivity contribution in [2.45, 2.75) is 25.7 Å². The first kappa shape index (κ1) is 32.9. The zero-order valence-corrected chi connectivity index (χ0v) is 29.4. The number of aromatic amines is 4. The van der Waals surface area contributed by atoms with Crippen molar-refractivity contribution in [1.82, 2.24) is 30.4 Å². The summed E-state index contributed by atoms with van der Waals surface area (Å²) in [5, 5.41) is 14.6. The zero-order valence-electron chi connectivity index (χ0n) is 24.6. The number of rotatable bonds is 9. The molecule has 0 aliphatic rings. The van der Waals surface area contributed by atoms with Gasteiger partial charge in [-0.15, -0.1) is 22.7 Å². The summed E-state index contributed by atoms with van der Waals surface area (Å²) in [5.41, 5.74) is 6.12. The number of aromatic nitrogens is 6. The summed E-state index contributed by atoms with van der Waals surface area (Å²) in [6.45, 7) is 0. The third kappa shape index (κ3) is 8.68. The lowest BCUT2D eigenvalue weighted by atomic mass is 10.0. The molecule has 0 atom stereocenters. The van der Waals surface area contributed by atoms with E-state index in [2.05, 4.69) is 46.3 Å². The van der Waals surface area contributed by atoms with E-state index >= 15 is 0 Å². The molecule has 0 unspecified atom stereocenters. The van der Waals surface area contributed by atoms with Crippen molar-refractivity contribution in [3.8, 4) is 33.6 Å². The van der Waals surface area contributed by atoms with Gasteiger partial charge in [-0.2, -0.15) is 10.2 Å². The Kier molecular flexibility index (Phi) is 10.7. The molecule has 1 aromatic carbocycles. The summed E-state index contributed by atoms with van der Waals surface area (Å²) in [5.74, 6) is 0. The van der Waals surface area contributed by atoms with Crippen LogP contribution in [0.4, 0.5) is 0 Å². The van der Waals surface area contributed by atoms with Crippen LogP contribution in [0.25, 0.3) is 33.6 Å². The van der Waals surface area contributed by atoms with Crippen LogP contribution in [0.5, 0.6) is 0 Å². The molecule has 7 aromatic rings. The number of hydrogen-bond donors (Lipinski definition) is 4. The quantitative estimate of drug-likeness (QED) is 0.117. The first-order valence-electron chi connectivity index (χ1n) is 14.5. The van der Waals surface area contributed by atoms with E-state index in [9.17, 15) is 9.59 Å². The molecular weight excluding hydrogens is 739 g/mol.